The summed E-state index contributed by atoms with van der Waals surface area (Å²) in [5, 5.41) is 9.01. The van der Waals surface area contributed by atoms with E-state index in [9.17, 15) is 4.79 Å². The lowest BCUT2D eigenvalue weighted by Crippen LogP contribution is -2.45. The number of hydrogen-bond donors (Lipinski definition) is 1. The Labute approximate surface area is 138 Å². The molecule has 4 heteroatoms. The van der Waals surface area contributed by atoms with Crippen LogP contribution < -0.4 is 0 Å². The summed E-state index contributed by atoms with van der Waals surface area (Å²) >= 11 is 0. The van der Waals surface area contributed by atoms with Gasteiger partial charge in [-0.05, 0) is 61.1 Å². The van der Waals surface area contributed by atoms with E-state index in [2.05, 4.69) is 47.7 Å². The average Bonchev–Trinajstić information content (AvgIpc) is 2.35. The molecule has 1 N–H and O–H groups in total. The number of rotatable bonds is 7. The van der Waals surface area contributed by atoms with Crippen LogP contribution in [0, 0.1) is 23.7 Å². The van der Waals surface area contributed by atoms with Gasteiger partial charge in [-0.1, -0.05) is 41.0 Å². The molecule has 0 radical (unpaired) electrons. The Morgan fingerprint density at radius 2 is 1.91 bits per heavy atom. The van der Waals surface area contributed by atoms with E-state index in [1.807, 2.05) is 0 Å². The maximum absolute atomic E-state index is 10.8. The van der Waals surface area contributed by atoms with Gasteiger partial charge in [0.2, 0.25) is 0 Å². The third-order valence-electron chi connectivity index (χ3n) is 6.12. The van der Waals surface area contributed by atoms with E-state index in [1.54, 1.807) is 0 Å². The van der Waals surface area contributed by atoms with Crippen molar-refractivity contribution in [2.45, 2.75) is 78.4 Å². The summed E-state index contributed by atoms with van der Waals surface area (Å²) in [5.41, 5.74) is 0. The third kappa shape index (κ3) is 5.09. The van der Waals surface area contributed by atoms with Crippen molar-refractivity contribution in [3.63, 3.8) is 0 Å². The quantitative estimate of drug-likeness (QED) is 0.656. The Kier molecular flexibility index (Phi) is 6.69. The van der Waals surface area contributed by atoms with E-state index < -0.39 is 14.3 Å². The predicted octanol–water partition coefficient (Wildman–Crippen LogP) is 5.17. The molecule has 0 aromatic heterocycles. The van der Waals surface area contributed by atoms with Gasteiger partial charge in [0.15, 0.2) is 8.32 Å². The van der Waals surface area contributed by atoms with Crippen LogP contribution in [0.5, 0.6) is 0 Å². The number of carboxylic acid groups (broad SMARTS) is 1. The van der Waals surface area contributed by atoms with Gasteiger partial charge in [0.05, 0.1) is 0 Å². The lowest BCUT2D eigenvalue weighted by atomic mass is 9.67. The molecule has 0 heterocycles. The van der Waals surface area contributed by atoms with E-state index in [1.165, 1.54) is 25.7 Å². The highest BCUT2D eigenvalue weighted by Gasteiger charge is 2.45. The molecule has 0 aliphatic heterocycles. The third-order valence-corrected chi connectivity index (χ3v) is 10.4. The minimum Gasteiger partial charge on any atom is -0.480 e. The largest absolute Gasteiger partial charge is 0.480 e. The second kappa shape index (κ2) is 7.48. The van der Waals surface area contributed by atoms with Crippen molar-refractivity contribution >= 4 is 14.3 Å². The lowest BCUT2D eigenvalue weighted by Gasteiger charge is -2.46. The summed E-state index contributed by atoms with van der Waals surface area (Å²) in [7, 11) is -2.04. The van der Waals surface area contributed by atoms with E-state index in [0.29, 0.717) is 0 Å². The summed E-state index contributed by atoms with van der Waals surface area (Å²) in [5.74, 6) is 2.25. The van der Waals surface area contributed by atoms with Crippen LogP contribution in [-0.2, 0) is 9.22 Å². The molecule has 3 nitrogen and oxygen atoms in total. The second-order valence-corrected chi connectivity index (χ2v) is 13.5. The standard InChI is InChI=1S/C18H36O3Si/c1-13(2)16-9-8-14(3)10-15(16)11-18(4,5)22(6,7)21-12-17(19)20/h13-16H,8-12H2,1-7H3,(H,19,20). The minimum absolute atomic E-state index is 0.0946. The number of aliphatic carboxylic acids is 1. The van der Waals surface area contributed by atoms with Crippen LogP contribution in [0.3, 0.4) is 0 Å². The molecular formula is C18H36O3Si. The highest BCUT2D eigenvalue weighted by molar-refractivity contribution is 6.74. The van der Waals surface area contributed by atoms with Gasteiger partial charge < -0.3 is 9.53 Å². The smallest absolute Gasteiger partial charge is 0.328 e. The van der Waals surface area contributed by atoms with Gasteiger partial charge in [-0.2, -0.15) is 0 Å². The molecule has 3 atom stereocenters. The summed E-state index contributed by atoms with van der Waals surface area (Å²) in [4.78, 5) is 10.8. The molecule has 22 heavy (non-hydrogen) atoms. The van der Waals surface area contributed by atoms with E-state index in [0.717, 1.165) is 23.7 Å². The van der Waals surface area contributed by atoms with Gasteiger partial charge in [-0.15, -0.1) is 0 Å². The first-order valence-corrected chi connectivity index (χ1v) is 11.7. The Hall–Kier alpha value is -0.353. The SMILES string of the molecule is CC1CCC(C(C)C)C(CC(C)(C)[Si](C)(C)OCC(=O)O)C1. The molecule has 3 unspecified atom stereocenters. The van der Waals surface area contributed by atoms with Crippen LogP contribution in [0.2, 0.25) is 18.1 Å². The Balaban J connectivity index is 2.80. The summed E-state index contributed by atoms with van der Waals surface area (Å²) in [6, 6.07) is 0. The van der Waals surface area contributed by atoms with Crippen LogP contribution in [0.25, 0.3) is 0 Å². The molecular weight excluding hydrogens is 292 g/mol. The molecule has 0 bridgehead atoms. The highest BCUT2D eigenvalue weighted by Crippen LogP contribution is 2.50. The normalized spacial score (nSPS) is 27.2. The zero-order chi connectivity index (χ0) is 17.1. The van der Waals surface area contributed by atoms with Crippen LogP contribution in [0.4, 0.5) is 0 Å². The molecule has 1 aliphatic rings. The number of carboxylic acids is 1. The van der Waals surface area contributed by atoms with Gasteiger partial charge in [0.1, 0.15) is 6.61 Å². The lowest BCUT2D eigenvalue weighted by molar-refractivity contribution is -0.139. The Morgan fingerprint density at radius 1 is 1.32 bits per heavy atom. The van der Waals surface area contributed by atoms with Crippen molar-refractivity contribution in [1.82, 2.24) is 0 Å². The van der Waals surface area contributed by atoms with Crippen LogP contribution in [0.15, 0.2) is 0 Å². The van der Waals surface area contributed by atoms with Crippen molar-refractivity contribution in [2.75, 3.05) is 6.61 Å². The van der Waals surface area contributed by atoms with Crippen LogP contribution in [0.1, 0.15) is 60.3 Å². The van der Waals surface area contributed by atoms with Gasteiger partial charge in [-0.25, -0.2) is 4.79 Å². The fraction of sp³-hybridized carbons (Fsp3) is 0.944. The molecule has 0 spiro atoms. The predicted molar refractivity (Wildman–Crippen MR) is 94.6 cm³/mol. The van der Waals surface area contributed by atoms with Gasteiger partial charge in [0.25, 0.3) is 0 Å². The Morgan fingerprint density at radius 3 is 2.41 bits per heavy atom. The zero-order valence-corrected chi connectivity index (χ0v) is 16.6. The Bertz CT molecular complexity index is 377. The van der Waals surface area contributed by atoms with Crippen molar-refractivity contribution in [1.29, 1.82) is 0 Å². The molecule has 1 saturated carbocycles. The monoisotopic (exact) mass is 328 g/mol. The zero-order valence-electron chi connectivity index (χ0n) is 15.6. The molecule has 130 valence electrons. The fourth-order valence-electron chi connectivity index (χ4n) is 3.97. The summed E-state index contributed by atoms with van der Waals surface area (Å²) in [6.07, 6.45) is 5.18. The topological polar surface area (TPSA) is 46.5 Å². The molecule has 0 aromatic rings. The molecule has 0 aromatic carbocycles. The van der Waals surface area contributed by atoms with Gasteiger partial charge >= 0.3 is 5.97 Å². The molecule has 0 saturated heterocycles. The first-order valence-electron chi connectivity index (χ1n) is 8.82. The van der Waals surface area contributed by atoms with Crippen LogP contribution in [-0.4, -0.2) is 26.0 Å². The molecule has 1 rings (SSSR count). The highest BCUT2D eigenvalue weighted by atomic mass is 28.4. The maximum Gasteiger partial charge on any atom is 0.328 e. The van der Waals surface area contributed by atoms with E-state index in [-0.39, 0.29) is 11.6 Å². The van der Waals surface area contributed by atoms with Crippen LogP contribution >= 0.6 is 0 Å². The summed E-state index contributed by atoms with van der Waals surface area (Å²) < 4.78 is 5.86. The fourth-order valence-corrected chi connectivity index (χ4v) is 5.60. The number of carbonyl (C=O) groups is 1. The average molecular weight is 329 g/mol. The second-order valence-electron chi connectivity index (χ2n) is 8.87. The number of hydrogen-bond acceptors (Lipinski definition) is 2. The van der Waals surface area contributed by atoms with Crippen molar-refractivity contribution in [2.24, 2.45) is 23.7 Å². The van der Waals surface area contributed by atoms with Crippen molar-refractivity contribution < 1.29 is 14.3 Å². The van der Waals surface area contributed by atoms with Gasteiger partial charge in [-0.3, -0.25) is 0 Å². The van der Waals surface area contributed by atoms with E-state index >= 15 is 0 Å². The van der Waals surface area contributed by atoms with Crippen molar-refractivity contribution in [3.8, 4) is 0 Å². The van der Waals surface area contributed by atoms with Gasteiger partial charge in [0, 0.05) is 0 Å². The minimum atomic E-state index is -2.04. The maximum atomic E-state index is 10.8. The molecule has 1 fully saturated rings. The first-order chi connectivity index (χ1) is 9.96. The summed E-state index contributed by atoms with van der Waals surface area (Å²) in [6.45, 7) is 15.8. The molecule has 1 aliphatic carbocycles. The first kappa shape index (κ1) is 19.7. The molecule has 0 amide bonds. The van der Waals surface area contributed by atoms with E-state index in [4.69, 9.17) is 9.53 Å². The van der Waals surface area contributed by atoms with Crippen molar-refractivity contribution in [3.05, 3.63) is 0 Å².